The number of nitrogens with one attached hydrogen (secondary N) is 1. The van der Waals surface area contributed by atoms with Crippen molar-refractivity contribution in [3.63, 3.8) is 0 Å². The molecule has 0 aliphatic heterocycles. The van der Waals surface area contributed by atoms with Crippen molar-refractivity contribution in [3.8, 4) is 5.75 Å². The third-order valence-corrected chi connectivity index (χ3v) is 4.60. The Balaban J connectivity index is 2.15. The second-order valence-electron chi connectivity index (χ2n) is 5.55. The van der Waals surface area contributed by atoms with Crippen LogP contribution in [0, 0.1) is 0 Å². The molecule has 1 atom stereocenters. The lowest BCUT2D eigenvalue weighted by atomic mass is 10.1. The highest BCUT2D eigenvalue weighted by Crippen LogP contribution is 2.13. The summed E-state index contributed by atoms with van der Waals surface area (Å²) in [5.74, 6) is -0.565. The van der Waals surface area contributed by atoms with E-state index in [0.717, 1.165) is 11.0 Å². The molecule has 7 heteroatoms. The van der Waals surface area contributed by atoms with Gasteiger partial charge in [0.1, 0.15) is 11.8 Å². The fraction of sp³-hybridized carbons (Fsp3) is 0.211. The topological polar surface area (TPSA) is 92.7 Å². The van der Waals surface area contributed by atoms with E-state index in [2.05, 4.69) is 4.72 Å². The lowest BCUT2D eigenvalue weighted by Gasteiger charge is -2.16. The Morgan fingerprint density at radius 2 is 1.81 bits per heavy atom. The number of carbonyl (C=O) groups is 1. The van der Waals surface area contributed by atoms with Gasteiger partial charge in [-0.3, -0.25) is 4.79 Å². The minimum absolute atomic E-state index is 0.0906. The molecule has 0 bridgehead atoms. The molecule has 0 amide bonds. The SMILES string of the molecule is CCOC(=O)[C@H](Cc1ccc(O)cc1)NS(=O)(=O)/C=C/c1ccccc1. The van der Waals surface area contributed by atoms with Gasteiger partial charge in [-0.1, -0.05) is 42.5 Å². The van der Waals surface area contributed by atoms with Crippen LogP contribution in [0.25, 0.3) is 6.08 Å². The van der Waals surface area contributed by atoms with E-state index < -0.39 is 22.0 Å². The number of sulfonamides is 1. The molecule has 26 heavy (non-hydrogen) atoms. The van der Waals surface area contributed by atoms with Gasteiger partial charge in [0.2, 0.25) is 10.0 Å². The van der Waals surface area contributed by atoms with Crippen LogP contribution in [0.2, 0.25) is 0 Å². The first-order chi connectivity index (χ1) is 12.4. The number of hydrogen-bond acceptors (Lipinski definition) is 5. The molecule has 0 aliphatic carbocycles. The maximum Gasteiger partial charge on any atom is 0.324 e. The Morgan fingerprint density at radius 1 is 1.15 bits per heavy atom. The molecule has 0 aliphatic rings. The Labute approximate surface area is 153 Å². The van der Waals surface area contributed by atoms with Gasteiger partial charge in [0.15, 0.2) is 0 Å². The first kappa shape index (κ1) is 19.7. The molecule has 0 spiro atoms. The van der Waals surface area contributed by atoms with Crippen molar-refractivity contribution in [3.05, 3.63) is 71.1 Å². The molecule has 0 unspecified atom stereocenters. The predicted octanol–water partition coefficient (Wildman–Crippen LogP) is 2.46. The molecule has 0 radical (unpaired) electrons. The minimum Gasteiger partial charge on any atom is -0.508 e. The molecule has 0 heterocycles. The zero-order valence-electron chi connectivity index (χ0n) is 14.3. The quantitative estimate of drug-likeness (QED) is 0.692. The third-order valence-electron chi connectivity index (χ3n) is 3.49. The summed E-state index contributed by atoms with van der Waals surface area (Å²) >= 11 is 0. The highest BCUT2D eigenvalue weighted by molar-refractivity contribution is 7.92. The molecule has 2 rings (SSSR count). The van der Waals surface area contributed by atoms with E-state index in [1.165, 1.54) is 18.2 Å². The standard InChI is InChI=1S/C19H21NO5S/c1-2-25-19(22)18(14-16-8-10-17(21)11-9-16)20-26(23,24)13-12-15-6-4-3-5-7-15/h3-13,18,20-21H,2,14H2,1H3/b13-12+/t18-/m0/s1. The van der Waals surface area contributed by atoms with E-state index in [1.807, 2.05) is 6.07 Å². The number of esters is 1. The Hall–Kier alpha value is -2.64. The predicted molar refractivity (Wildman–Crippen MR) is 99.8 cm³/mol. The van der Waals surface area contributed by atoms with Gasteiger partial charge < -0.3 is 9.84 Å². The normalized spacial score (nSPS) is 12.8. The Bertz CT molecular complexity index is 845. The van der Waals surface area contributed by atoms with Crippen molar-refractivity contribution in [2.24, 2.45) is 0 Å². The number of rotatable bonds is 8. The van der Waals surface area contributed by atoms with Gasteiger partial charge in [-0.25, -0.2) is 8.42 Å². The average molecular weight is 375 g/mol. The fourth-order valence-corrected chi connectivity index (χ4v) is 3.24. The van der Waals surface area contributed by atoms with Crippen LogP contribution in [-0.4, -0.2) is 32.1 Å². The number of benzene rings is 2. The Morgan fingerprint density at radius 3 is 2.42 bits per heavy atom. The molecular formula is C19H21NO5S. The summed E-state index contributed by atoms with van der Waals surface area (Å²) in [5.41, 5.74) is 1.42. The van der Waals surface area contributed by atoms with Crippen molar-refractivity contribution in [2.45, 2.75) is 19.4 Å². The second-order valence-corrected chi connectivity index (χ2v) is 7.15. The van der Waals surface area contributed by atoms with E-state index in [0.29, 0.717) is 5.56 Å². The minimum atomic E-state index is -3.85. The van der Waals surface area contributed by atoms with Crippen LogP contribution in [0.15, 0.2) is 60.0 Å². The molecule has 2 aromatic rings. The first-order valence-corrected chi connectivity index (χ1v) is 9.64. The summed E-state index contributed by atoms with van der Waals surface area (Å²) in [6, 6.07) is 14.1. The summed E-state index contributed by atoms with van der Waals surface area (Å²) < 4.78 is 32.0. The van der Waals surface area contributed by atoms with Crippen molar-refractivity contribution in [1.82, 2.24) is 4.72 Å². The van der Waals surface area contributed by atoms with Gasteiger partial charge in [0.05, 0.1) is 6.61 Å². The van der Waals surface area contributed by atoms with Crippen LogP contribution >= 0.6 is 0 Å². The molecule has 138 valence electrons. The van der Waals surface area contributed by atoms with E-state index >= 15 is 0 Å². The maximum absolute atomic E-state index is 12.3. The number of aromatic hydroxyl groups is 1. The maximum atomic E-state index is 12.3. The van der Waals surface area contributed by atoms with E-state index in [9.17, 15) is 18.3 Å². The lowest BCUT2D eigenvalue weighted by molar-refractivity contribution is -0.145. The molecule has 0 fully saturated rings. The first-order valence-electron chi connectivity index (χ1n) is 8.09. The van der Waals surface area contributed by atoms with Gasteiger partial charge in [-0.2, -0.15) is 4.72 Å². The number of hydrogen-bond donors (Lipinski definition) is 2. The fourth-order valence-electron chi connectivity index (χ4n) is 2.25. The molecule has 0 aromatic heterocycles. The van der Waals surface area contributed by atoms with Crippen LogP contribution in [0.5, 0.6) is 5.75 Å². The number of carbonyl (C=O) groups excluding carboxylic acids is 1. The molecule has 0 saturated heterocycles. The number of phenolic OH excluding ortho intramolecular Hbond substituents is 1. The summed E-state index contributed by atoms with van der Waals surface area (Å²) in [7, 11) is -3.85. The van der Waals surface area contributed by atoms with E-state index in [-0.39, 0.29) is 18.8 Å². The highest BCUT2D eigenvalue weighted by Gasteiger charge is 2.24. The zero-order chi connectivity index (χ0) is 19.0. The van der Waals surface area contributed by atoms with Crippen molar-refractivity contribution in [2.75, 3.05) is 6.61 Å². The summed E-state index contributed by atoms with van der Waals surface area (Å²) in [6.07, 6.45) is 1.56. The van der Waals surface area contributed by atoms with Gasteiger partial charge in [-0.05, 0) is 42.7 Å². The van der Waals surface area contributed by atoms with Crippen LogP contribution < -0.4 is 4.72 Å². The largest absolute Gasteiger partial charge is 0.508 e. The average Bonchev–Trinajstić information content (AvgIpc) is 2.62. The molecule has 2 aromatic carbocycles. The highest BCUT2D eigenvalue weighted by atomic mass is 32.2. The van der Waals surface area contributed by atoms with Crippen LogP contribution in [0.3, 0.4) is 0 Å². The summed E-state index contributed by atoms with van der Waals surface area (Å²) in [5, 5.41) is 10.4. The monoisotopic (exact) mass is 375 g/mol. The van der Waals surface area contributed by atoms with Gasteiger partial charge in [0.25, 0.3) is 0 Å². The summed E-state index contributed by atoms with van der Waals surface area (Å²) in [6.45, 7) is 1.80. The van der Waals surface area contributed by atoms with E-state index in [1.54, 1.807) is 43.3 Å². The summed E-state index contributed by atoms with van der Waals surface area (Å²) in [4.78, 5) is 12.1. The zero-order valence-corrected chi connectivity index (χ0v) is 15.1. The van der Waals surface area contributed by atoms with Gasteiger partial charge in [-0.15, -0.1) is 0 Å². The van der Waals surface area contributed by atoms with Gasteiger partial charge in [0, 0.05) is 5.41 Å². The van der Waals surface area contributed by atoms with Crippen molar-refractivity contribution >= 4 is 22.1 Å². The molecular weight excluding hydrogens is 354 g/mol. The number of ether oxygens (including phenoxy) is 1. The Kier molecular flexibility index (Phi) is 6.94. The van der Waals surface area contributed by atoms with Crippen molar-refractivity contribution in [1.29, 1.82) is 0 Å². The van der Waals surface area contributed by atoms with Crippen LogP contribution in [0.4, 0.5) is 0 Å². The van der Waals surface area contributed by atoms with Crippen LogP contribution in [-0.2, 0) is 26.0 Å². The molecule has 6 nitrogen and oxygen atoms in total. The molecule has 2 N–H and O–H groups in total. The lowest BCUT2D eigenvalue weighted by Crippen LogP contribution is -2.42. The number of phenols is 1. The van der Waals surface area contributed by atoms with Gasteiger partial charge >= 0.3 is 5.97 Å². The third kappa shape index (κ3) is 6.34. The second kappa shape index (κ2) is 9.17. The molecule has 0 saturated carbocycles. The smallest absolute Gasteiger partial charge is 0.324 e. The van der Waals surface area contributed by atoms with E-state index in [4.69, 9.17) is 4.74 Å². The van der Waals surface area contributed by atoms with Crippen molar-refractivity contribution < 1.29 is 23.1 Å². The van der Waals surface area contributed by atoms with Crippen LogP contribution in [0.1, 0.15) is 18.1 Å².